The maximum absolute atomic E-state index is 12.8. The van der Waals surface area contributed by atoms with Gasteiger partial charge in [0.15, 0.2) is 0 Å². The predicted molar refractivity (Wildman–Crippen MR) is 71.3 cm³/mol. The van der Waals surface area contributed by atoms with Gasteiger partial charge in [-0.3, -0.25) is 0 Å². The minimum Gasteiger partial charge on any atom is -0.381 e. The monoisotopic (exact) mass is 291 g/mol. The number of rotatable bonds is 2. The highest BCUT2D eigenvalue weighted by atomic mass is 19.4. The van der Waals surface area contributed by atoms with Crippen LogP contribution in [0.1, 0.15) is 29.2 Å². The predicted octanol–water partition coefficient (Wildman–Crippen LogP) is 3.83. The molecule has 0 saturated heterocycles. The summed E-state index contributed by atoms with van der Waals surface area (Å²) >= 11 is 0. The van der Waals surface area contributed by atoms with Gasteiger partial charge in [-0.15, -0.1) is 0 Å². The molecule has 0 amide bonds. The third kappa shape index (κ3) is 3.06. The normalized spacial score (nSPS) is 14.3. The first-order valence-corrected chi connectivity index (χ1v) is 6.16. The lowest BCUT2D eigenvalue weighted by atomic mass is 9.86. The summed E-state index contributed by atoms with van der Waals surface area (Å²) < 4.78 is 38.3. The number of hydrogen-bond acceptors (Lipinski definition) is 2. The van der Waals surface area contributed by atoms with Crippen LogP contribution in [0.2, 0.25) is 0 Å². The first kappa shape index (κ1) is 15.1. The van der Waals surface area contributed by atoms with E-state index in [0.717, 1.165) is 12.1 Å². The van der Waals surface area contributed by atoms with E-state index in [-0.39, 0.29) is 5.56 Å². The largest absolute Gasteiger partial charge is 0.416 e. The van der Waals surface area contributed by atoms with Crippen LogP contribution in [-0.4, -0.2) is 5.11 Å². The summed E-state index contributed by atoms with van der Waals surface area (Å²) in [7, 11) is 0. The second-order valence-electron chi connectivity index (χ2n) is 4.84. The van der Waals surface area contributed by atoms with Gasteiger partial charge in [0, 0.05) is 0 Å². The SMILES string of the molecule is CC(O)(c1cccc(C#N)c1)c1cccc(C(F)(F)F)c1. The van der Waals surface area contributed by atoms with Crippen molar-refractivity contribution in [2.24, 2.45) is 0 Å². The third-order valence-electron chi connectivity index (χ3n) is 3.31. The van der Waals surface area contributed by atoms with E-state index in [1.165, 1.54) is 25.1 Å². The molecule has 0 bridgehead atoms. The number of nitriles is 1. The van der Waals surface area contributed by atoms with Gasteiger partial charge in [0.25, 0.3) is 0 Å². The summed E-state index contributed by atoms with van der Waals surface area (Å²) in [4.78, 5) is 0. The van der Waals surface area contributed by atoms with Gasteiger partial charge in [0.05, 0.1) is 17.2 Å². The fourth-order valence-electron chi connectivity index (χ4n) is 2.06. The van der Waals surface area contributed by atoms with Crippen LogP contribution in [0.3, 0.4) is 0 Å². The van der Waals surface area contributed by atoms with Crippen molar-refractivity contribution in [3.05, 3.63) is 70.8 Å². The average Bonchev–Trinajstić information content (AvgIpc) is 2.46. The molecule has 2 aromatic rings. The smallest absolute Gasteiger partial charge is 0.381 e. The van der Waals surface area contributed by atoms with Crippen LogP contribution >= 0.6 is 0 Å². The molecular formula is C16H12F3NO. The van der Waals surface area contributed by atoms with Crippen LogP contribution < -0.4 is 0 Å². The Kier molecular flexibility index (Phi) is 3.75. The molecule has 0 fully saturated rings. The summed E-state index contributed by atoms with van der Waals surface area (Å²) in [5, 5.41) is 19.5. The lowest BCUT2D eigenvalue weighted by molar-refractivity contribution is -0.137. The van der Waals surface area contributed by atoms with Crippen molar-refractivity contribution in [2.75, 3.05) is 0 Å². The van der Waals surface area contributed by atoms with Crippen molar-refractivity contribution in [2.45, 2.75) is 18.7 Å². The standard InChI is InChI=1S/C16H12F3NO/c1-15(21,12-5-2-4-11(8-12)10-20)13-6-3-7-14(9-13)16(17,18)19/h2-9,21H,1H3. The fourth-order valence-corrected chi connectivity index (χ4v) is 2.06. The summed E-state index contributed by atoms with van der Waals surface area (Å²) in [5.41, 5.74) is -1.63. The average molecular weight is 291 g/mol. The lowest BCUT2D eigenvalue weighted by Crippen LogP contribution is -2.23. The zero-order valence-corrected chi connectivity index (χ0v) is 11.1. The van der Waals surface area contributed by atoms with E-state index in [9.17, 15) is 18.3 Å². The first-order valence-electron chi connectivity index (χ1n) is 6.16. The van der Waals surface area contributed by atoms with Gasteiger partial charge < -0.3 is 5.11 Å². The molecule has 0 aromatic heterocycles. The van der Waals surface area contributed by atoms with Crippen molar-refractivity contribution in [1.29, 1.82) is 5.26 Å². The highest BCUT2D eigenvalue weighted by Crippen LogP contribution is 2.34. The molecule has 1 atom stereocenters. The maximum atomic E-state index is 12.8. The van der Waals surface area contributed by atoms with Gasteiger partial charge >= 0.3 is 6.18 Å². The highest BCUT2D eigenvalue weighted by molar-refractivity contribution is 5.42. The zero-order valence-electron chi connectivity index (χ0n) is 11.1. The molecule has 0 radical (unpaired) electrons. The zero-order chi connectivity index (χ0) is 15.7. The second kappa shape index (κ2) is 5.23. The summed E-state index contributed by atoms with van der Waals surface area (Å²) in [6.45, 7) is 1.40. The Hall–Kier alpha value is -2.32. The van der Waals surface area contributed by atoms with E-state index in [0.29, 0.717) is 11.1 Å². The Morgan fingerprint density at radius 1 is 0.952 bits per heavy atom. The molecule has 0 aliphatic heterocycles. The van der Waals surface area contributed by atoms with Gasteiger partial charge in [0.1, 0.15) is 5.60 Å². The number of nitrogens with zero attached hydrogens (tertiary/aromatic N) is 1. The van der Waals surface area contributed by atoms with Crippen LogP contribution in [0.15, 0.2) is 48.5 Å². The van der Waals surface area contributed by atoms with Crippen LogP contribution in [0.4, 0.5) is 13.2 Å². The van der Waals surface area contributed by atoms with Crippen molar-refractivity contribution in [3.63, 3.8) is 0 Å². The van der Waals surface area contributed by atoms with Crippen molar-refractivity contribution < 1.29 is 18.3 Å². The van der Waals surface area contributed by atoms with E-state index in [1.807, 2.05) is 6.07 Å². The van der Waals surface area contributed by atoms with Crippen LogP contribution in [0, 0.1) is 11.3 Å². The first-order chi connectivity index (χ1) is 9.75. The number of alkyl halides is 3. The fraction of sp³-hybridized carbons (Fsp3) is 0.188. The Morgan fingerprint density at radius 3 is 2.05 bits per heavy atom. The Bertz CT molecular complexity index is 699. The van der Waals surface area contributed by atoms with Crippen LogP contribution in [0.5, 0.6) is 0 Å². The van der Waals surface area contributed by atoms with Crippen molar-refractivity contribution in [1.82, 2.24) is 0 Å². The molecule has 2 rings (SSSR count). The molecule has 2 nitrogen and oxygen atoms in total. The molecule has 0 heterocycles. The van der Waals surface area contributed by atoms with E-state index in [1.54, 1.807) is 18.2 Å². The quantitative estimate of drug-likeness (QED) is 0.913. The molecule has 108 valence electrons. The molecule has 0 aliphatic rings. The Morgan fingerprint density at radius 2 is 1.48 bits per heavy atom. The molecule has 2 aromatic carbocycles. The van der Waals surface area contributed by atoms with Gasteiger partial charge in [-0.25, -0.2) is 0 Å². The minimum absolute atomic E-state index is 0.118. The molecule has 21 heavy (non-hydrogen) atoms. The van der Waals surface area contributed by atoms with Crippen LogP contribution in [0.25, 0.3) is 0 Å². The van der Waals surface area contributed by atoms with E-state index in [4.69, 9.17) is 5.26 Å². The topological polar surface area (TPSA) is 44.0 Å². The number of halogens is 3. The van der Waals surface area contributed by atoms with Crippen molar-refractivity contribution >= 4 is 0 Å². The Labute approximate surface area is 120 Å². The van der Waals surface area contributed by atoms with E-state index < -0.39 is 17.3 Å². The molecule has 0 aliphatic carbocycles. The summed E-state index contributed by atoms with van der Waals surface area (Å²) in [5.74, 6) is 0. The van der Waals surface area contributed by atoms with Gasteiger partial charge in [0.2, 0.25) is 0 Å². The second-order valence-corrected chi connectivity index (χ2v) is 4.84. The number of aliphatic hydroxyl groups is 1. The molecule has 1 unspecified atom stereocenters. The van der Waals surface area contributed by atoms with Gasteiger partial charge in [-0.1, -0.05) is 24.3 Å². The molecule has 0 spiro atoms. The Balaban J connectivity index is 2.51. The van der Waals surface area contributed by atoms with Crippen LogP contribution in [-0.2, 0) is 11.8 Å². The molecule has 5 heteroatoms. The van der Waals surface area contributed by atoms with Crippen molar-refractivity contribution in [3.8, 4) is 6.07 Å². The maximum Gasteiger partial charge on any atom is 0.416 e. The number of benzene rings is 2. The lowest BCUT2D eigenvalue weighted by Gasteiger charge is -2.25. The summed E-state index contributed by atoms with van der Waals surface area (Å²) in [6, 6.07) is 12.6. The minimum atomic E-state index is -4.47. The van der Waals surface area contributed by atoms with E-state index >= 15 is 0 Å². The third-order valence-corrected chi connectivity index (χ3v) is 3.31. The van der Waals surface area contributed by atoms with Gasteiger partial charge in [-0.05, 0) is 42.3 Å². The summed E-state index contributed by atoms with van der Waals surface area (Å²) in [6.07, 6.45) is -4.47. The number of hydrogen-bond donors (Lipinski definition) is 1. The van der Waals surface area contributed by atoms with E-state index in [2.05, 4.69) is 0 Å². The molecule has 1 N–H and O–H groups in total. The van der Waals surface area contributed by atoms with Gasteiger partial charge in [-0.2, -0.15) is 18.4 Å². The highest BCUT2D eigenvalue weighted by Gasteiger charge is 2.33. The molecule has 0 saturated carbocycles. The molecular weight excluding hydrogens is 279 g/mol.